The van der Waals surface area contributed by atoms with Gasteiger partial charge in [-0.3, -0.25) is 0 Å². The summed E-state index contributed by atoms with van der Waals surface area (Å²) in [5, 5.41) is 19.1. The van der Waals surface area contributed by atoms with Gasteiger partial charge in [0.25, 0.3) is 0 Å². The highest BCUT2D eigenvalue weighted by Crippen LogP contribution is 2.35. The third-order valence-corrected chi connectivity index (χ3v) is 4.05. The molecule has 2 aromatic rings. The minimum absolute atomic E-state index is 0.0388. The van der Waals surface area contributed by atoms with E-state index in [2.05, 4.69) is 0 Å². The largest absolute Gasteiger partial charge is 0.340 e. The predicted octanol–water partition coefficient (Wildman–Crippen LogP) is 5.58. The molecular formula is C17H10Cl3N3. The van der Waals surface area contributed by atoms with Crippen LogP contribution in [0.15, 0.2) is 54.2 Å². The van der Waals surface area contributed by atoms with Gasteiger partial charge in [-0.2, -0.15) is 10.5 Å². The first-order valence-corrected chi connectivity index (χ1v) is 7.65. The Morgan fingerprint density at radius 3 is 2.17 bits per heavy atom. The van der Waals surface area contributed by atoms with E-state index in [9.17, 15) is 0 Å². The molecule has 23 heavy (non-hydrogen) atoms. The number of nitriles is 2. The Kier molecular flexibility index (Phi) is 5.90. The van der Waals surface area contributed by atoms with E-state index in [4.69, 9.17) is 45.3 Å². The quantitative estimate of drug-likeness (QED) is 0.526. The van der Waals surface area contributed by atoms with Gasteiger partial charge in [0.2, 0.25) is 0 Å². The maximum Gasteiger partial charge on any atom is 0.145 e. The van der Waals surface area contributed by atoms with E-state index in [-0.39, 0.29) is 5.57 Å². The summed E-state index contributed by atoms with van der Waals surface area (Å²) >= 11 is 18.3. The molecule has 0 heterocycles. The van der Waals surface area contributed by atoms with Crippen LogP contribution in [0.2, 0.25) is 15.1 Å². The van der Waals surface area contributed by atoms with Crippen molar-refractivity contribution in [3.63, 3.8) is 0 Å². The standard InChI is InChI=1S/C17H10Cl3N3/c18-14-6-16(20)17(7-15(14)19)23(11-13(8-21)9-22)10-12-4-2-1-3-5-12/h1-7,11H,10H2. The molecule has 0 saturated carbocycles. The molecule has 0 atom stereocenters. The minimum Gasteiger partial charge on any atom is -0.340 e. The molecule has 0 aliphatic rings. The average molecular weight is 363 g/mol. The van der Waals surface area contributed by atoms with E-state index < -0.39 is 0 Å². The van der Waals surface area contributed by atoms with Crippen LogP contribution in [0.25, 0.3) is 0 Å². The number of rotatable bonds is 4. The van der Waals surface area contributed by atoms with Crippen molar-refractivity contribution >= 4 is 40.5 Å². The molecule has 6 heteroatoms. The van der Waals surface area contributed by atoms with Gasteiger partial charge in [-0.15, -0.1) is 0 Å². The average Bonchev–Trinajstić information content (AvgIpc) is 2.56. The molecule has 0 aliphatic carbocycles. The fourth-order valence-electron chi connectivity index (χ4n) is 1.95. The number of hydrogen-bond donors (Lipinski definition) is 0. The summed E-state index contributed by atoms with van der Waals surface area (Å²) in [5.74, 6) is 0. The highest BCUT2D eigenvalue weighted by molar-refractivity contribution is 6.44. The number of anilines is 1. The van der Waals surface area contributed by atoms with Gasteiger partial charge in [0.15, 0.2) is 0 Å². The summed E-state index contributed by atoms with van der Waals surface area (Å²) < 4.78 is 0. The first-order valence-electron chi connectivity index (χ1n) is 6.52. The number of nitrogens with zero attached hydrogens (tertiary/aromatic N) is 3. The van der Waals surface area contributed by atoms with Crippen LogP contribution < -0.4 is 4.90 Å². The molecule has 2 rings (SSSR count). The molecular weight excluding hydrogens is 353 g/mol. The predicted molar refractivity (Wildman–Crippen MR) is 93.4 cm³/mol. The van der Waals surface area contributed by atoms with Gasteiger partial charge in [0, 0.05) is 12.7 Å². The van der Waals surface area contributed by atoms with Crippen LogP contribution in [0.3, 0.4) is 0 Å². The van der Waals surface area contributed by atoms with Crippen molar-refractivity contribution in [2.24, 2.45) is 0 Å². The molecule has 2 aromatic carbocycles. The molecule has 0 unspecified atom stereocenters. The lowest BCUT2D eigenvalue weighted by atomic mass is 10.2. The van der Waals surface area contributed by atoms with Gasteiger partial charge in [-0.1, -0.05) is 65.1 Å². The molecule has 0 bridgehead atoms. The molecule has 0 spiro atoms. The zero-order chi connectivity index (χ0) is 16.8. The highest BCUT2D eigenvalue weighted by atomic mass is 35.5. The van der Waals surface area contributed by atoms with Crippen LogP contribution in [0.4, 0.5) is 5.69 Å². The van der Waals surface area contributed by atoms with Crippen molar-refractivity contribution < 1.29 is 0 Å². The molecule has 0 N–H and O–H groups in total. The lowest BCUT2D eigenvalue weighted by Crippen LogP contribution is -2.16. The summed E-state index contributed by atoms with van der Waals surface area (Å²) in [6.45, 7) is 0.422. The Labute approximate surface area is 149 Å². The van der Waals surface area contributed by atoms with E-state index in [1.165, 1.54) is 12.3 Å². The Balaban J connectivity index is 2.50. The number of halogens is 3. The second-order valence-corrected chi connectivity index (χ2v) is 5.82. The molecule has 0 radical (unpaired) electrons. The minimum atomic E-state index is -0.0388. The van der Waals surface area contributed by atoms with E-state index in [0.717, 1.165) is 5.56 Å². The number of allylic oxidation sites excluding steroid dienone is 1. The SMILES string of the molecule is N#CC(C#N)=CN(Cc1ccccc1)c1cc(Cl)c(Cl)cc1Cl. The van der Waals surface area contributed by atoms with Crippen molar-refractivity contribution in [1.82, 2.24) is 0 Å². The Hall–Kier alpha value is -2.17. The Morgan fingerprint density at radius 1 is 0.957 bits per heavy atom. The first kappa shape index (κ1) is 17.2. The second-order valence-electron chi connectivity index (χ2n) is 4.60. The molecule has 0 amide bonds. The third-order valence-electron chi connectivity index (χ3n) is 3.02. The normalized spacial score (nSPS) is 9.61. The van der Waals surface area contributed by atoms with Crippen LogP contribution in [-0.2, 0) is 6.54 Å². The monoisotopic (exact) mass is 361 g/mol. The molecule has 0 aliphatic heterocycles. The smallest absolute Gasteiger partial charge is 0.145 e. The summed E-state index contributed by atoms with van der Waals surface area (Å²) in [7, 11) is 0. The fourth-order valence-corrected chi connectivity index (χ4v) is 2.60. The van der Waals surface area contributed by atoms with Crippen LogP contribution in [0, 0.1) is 22.7 Å². The third kappa shape index (κ3) is 4.41. The van der Waals surface area contributed by atoms with Crippen molar-refractivity contribution in [3.8, 4) is 12.1 Å². The van der Waals surface area contributed by atoms with Gasteiger partial charge in [-0.05, 0) is 17.7 Å². The molecule has 114 valence electrons. The van der Waals surface area contributed by atoms with Crippen LogP contribution in [-0.4, -0.2) is 0 Å². The Bertz CT molecular complexity index is 801. The van der Waals surface area contributed by atoms with Gasteiger partial charge in [0.1, 0.15) is 17.7 Å². The van der Waals surface area contributed by atoms with E-state index in [1.807, 2.05) is 42.5 Å². The second kappa shape index (κ2) is 7.90. The van der Waals surface area contributed by atoms with Gasteiger partial charge in [-0.25, -0.2) is 0 Å². The Morgan fingerprint density at radius 2 is 1.57 bits per heavy atom. The zero-order valence-corrected chi connectivity index (χ0v) is 14.1. The van der Waals surface area contributed by atoms with Crippen molar-refractivity contribution in [1.29, 1.82) is 10.5 Å². The van der Waals surface area contributed by atoms with Gasteiger partial charge < -0.3 is 4.90 Å². The molecule has 0 aromatic heterocycles. The van der Waals surface area contributed by atoms with Crippen LogP contribution in [0.1, 0.15) is 5.56 Å². The summed E-state index contributed by atoms with van der Waals surface area (Å²) in [6, 6.07) is 16.4. The van der Waals surface area contributed by atoms with Gasteiger partial charge >= 0.3 is 0 Å². The van der Waals surface area contributed by atoms with Crippen molar-refractivity contribution in [3.05, 3.63) is 74.9 Å². The number of hydrogen-bond acceptors (Lipinski definition) is 3. The maximum absolute atomic E-state index is 9.01. The van der Waals surface area contributed by atoms with E-state index in [1.54, 1.807) is 11.0 Å². The van der Waals surface area contributed by atoms with Crippen LogP contribution in [0.5, 0.6) is 0 Å². The number of benzene rings is 2. The first-order chi connectivity index (χ1) is 11.0. The molecule has 3 nitrogen and oxygen atoms in total. The summed E-state index contributed by atoms with van der Waals surface area (Å²) in [5.41, 5.74) is 1.51. The highest BCUT2D eigenvalue weighted by Gasteiger charge is 2.13. The van der Waals surface area contributed by atoms with Crippen molar-refractivity contribution in [2.75, 3.05) is 4.90 Å². The molecule has 0 saturated heterocycles. The van der Waals surface area contributed by atoms with E-state index in [0.29, 0.717) is 27.3 Å². The topological polar surface area (TPSA) is 50.8 Å². The fraction of sp³-hybridized carbons (Fsp3) is 0.0588. The van der Waals surface area contributed by atoms with E-state index >= 15 is 0 Å². The summed E-state index contributed by atoms with van der Waals surface area (Å²) in [4.78, 5) is 1.70. The lowest BCUT2D eigenvalue weighted by molar-refractivity contribution is 0.964. The summed E-state index contributed by atoms with van der Waals surface area (Å²) in [6.07, 6.45) is 1.44. The molecule has 0 fully saturated rings. The van der Waals surface area contributed by atoms with Gasteiger partial charge in [0.05, 0.1) is 20.8 Å². The van der Waals surface area contributed by atoms with Crippen molar-refractivity contribution in [2.45, 2.75) is 6.54 Å². The lowest BCUT2D eigenvalue weighted by Gasteiger charge is -2.22. The van der Waals surface area contributed by atoms with Crippen LogP contribution >= 0.6 is 34.8 Å². The zero-order valence-electron chi connectivity index (χ0n) is 11.8. The maximum atomic E-state index is 9.01.